The van der Waals surface area contributed by atoms with Gasteiger partial charge in [-0.15, -0.1) is 0 Å². The molecule has 11 amide bonds. The minimum atomic E-state index is -1.70. The highest BCUT2D eigenvalue weighted by Crippen LogP contribution is 2.15. The lowest BCUT2D eigenvalue weighted by Crippen LogP contribution is -2.61. The zero-order chi connectivity index (χ0) is 65.1. The van der Waals surface area contributed by atoms with Crippen molar-refractivity contribution in [2.45, 2.75) is 140 Å². The first-order valence-corrected chi connectivity index (χ1v) is 29.1. The molecule has 0 unspecified atom stereocenters. The number of aromatic nitrogens is 2. The van der Waals surface area contributed by atoms with Gasteiger partial charge in [0, 0.05) is 50.0 Å². The number of aromatic amines is 1. The Morgan fingerprint density at radius 3 is 1.62 bits per heavy atom. The van der Waals surface area contributed by atoms with E-state index >= 15 is 0 Å². The van der Waals surface area contributed by atoms with E-state index in [2.05, 4.69) is 91.1 Å². The molecule has 32 heteroatoms. The molecule has 0 aliphatic carbocycles. The lowest BCUT2D eigenvalue weighted by molar-refractivity contribution is -0.136. The number of nitrogens with zero attached hydrogens (tertiary/aromatic N) is 3. The average Bonchev–Trinajstić information content (AvgIpc) is 2.74. The highest BCUT2D eigenvalue weighted by Gasteiger charge is 2.37. The molecule has 0 spiro atoms. The van der Waals surface area contributed by atoms with E-state index in [4.69, 9.17) is 22.9 Å². The van der Waals surface area contributed by atoms with Gasteiger partial charge in [-0.2, -0.15) is 12.6 Å². The van der Waals surface area contributed by atoms with Gasteiger partial charge in [-0.05, 0) is 75.6 Å². The van der Waals surface area contributed by atoms with Crippen molar-refractivity contribution >= 4 is 89.5 Å². The number of phenolic OH excluding ortho intramolecular Hbond substituents is 1. The molecule has 21 N–H and O–H groups in total. The van der Waals surface area contributed by atoms with Crippen LogP contribution < -0.4 is 81.4 Å². The molecule has 1 aliphatic heterocycles. The number of phenols is 1. The van der Waals surface area contributed by atoms with Crippen LogP contribution in [0.5, 0.6) is 5.75 Å². The summed E-state index contributed by atoms with van der Waals surface area (Å²) in [6.45, 7) is 6.04. The van der Waals surface area contributed by atoms with Gasteiger partial charge in [-0.3, -0.25) is 62.7 Å². The maximum Gasteiger partial charge on any atom is 0.245 e. The molecule has 1 fully saturated rings. The second-order valence-electron chi connectivity index (χ2n) is 21.5. The number of carbonyl (C=O) groups is 11. The Labute approximate surface area is 514 Å². The fourth-order valence-electron chi connectivity index (χ4n) is 8.78. The van der Waals surface area contributed by atoms with Crippen LogP contribution in [0.1, 0.15) is 83.5 Å². The minimum Gasteiger partial charge on any atom is -0.508 e. The largest absolute Gasteiger partial charge is 0.508 e. The number of thiol groups is 1. The molecule has 2 aromatic carbocycles. The average molecular weight is 1250 g/mol. The van der Waals surface area contributed by atoms with Crippen LogP contribution in [0.2, 0.25) is 0 Å². The highest BCUT2D eigenvalue weighted by atomic mass is 32.1. The summed E-state index contributed by atoms with van der Waals surface area (Å²) in [6, 6.07) is 2.81. The summed E-state index contributed by atoms with van der Waals surface area (Å²) in [5.41, 5.74) is 21.8. The van der Waals surface area contributed by atoms with Gasteiger partial charge < -0.3 is 91.5 Å². The first kappa shape index (κ1) is 71.0. The van der Waals surface area contributed by atoms with E-state index in [-0.39, 0.29) is 81.5 Å². The molecule has 88 heavy (non-hydrogen) atoms. The fourth-order valence-corrected chi connectivity index (χ4v) is 9.03. The monoisotopic (exact) mass is 1250 g/mol. The third kappa shape index (κ3) is 24.1. The maximum absolute atomic E-state index is 14.7. The standard InChI is InChI=1S/C56H83N19O12S/c1-6-30(2)44-52(86)64-27-43(78)75-56(4,5)53(87)65-26-42(77)68-36(14-10-20-62-54(57)58)46(80)67-31(3)45(79)70-38(22-32-12-8-7-9-13-32)49(83)73-41(28-88)51(85)71-39(23-33-16-18-35(76)19-17-33)48(82)69-37(15-11-21-63-55(59)60)47(81)72-40(50(84)74-44)24-34-25-61-29-66-34/h7-9,12-13,16-19,25,29-31,36-41,44,76,88H,6,10-11,14-15,20-24,26-28H2,1-5H3,(H,61,66)(H,64,86)(H,65,87)(H,67,80)(H,68,77)(H,69,82)(H,70,79)(H,71,85)(H,72,81)(H,73,83)(H,74,84)(H,75,78)(H4,57,58,62)(H4,59,60,63)/t30-,31-,36-,37-,38-,39-,40-,41-,44-/m0/s1. The third-order valence-corrected chi connectivity index (χ3v) is 14.3. The summed E-state index contributed by atoms with van der Waals surface area (Å²) in [4.78, 5) is 169. The second-order valence-corrected chi connectivity index (χ2v) is 21.9. The first-order chi connectivity index (χ1) is 41.7. The number of imidazole rings is 1. The quantitative estimate of drug-likeness (QED) is 0.0261. The van der Waals surface area contributed by atoms with Crippen LogP contribution in [0.15, 0.2) is 77.1 Å². The Morgan fingerprint density at radius 2 is 1.08 bits per heavy atom. The molecule has 2 heterocycles. The van der Waals surface area contributed by atoms with Crippen LogP contribution in [-0.4, -0.2) is 178 Å². The number of amides is 11. The molecule has 31 nitrogen and oxygen atoms in total. The number of guanidine groups is 2. The number of carbonyl (C=O) groups excluding carboxylic acids is 11. The fraction of sp³-hybridized carbons (Fsp3) is 0.500. The van der Waals surface area contributed by atoms with Crippen LogP contribution in [0, 0.1) is 5.92 Å². The zero-order valence-corrected chi connectivity index (χ0v) is 50.7. The van der Waals surface area contributed by atoms with E-state index in [9.17, 15) is 57.8 Å². The lowest BCUT2D eigenvalue weighted by Gasteiger charge is -2.29. The molecular weight excluding hydrogens is 1160 g/mol. The molecule has 480 valence electrons. The Hall–Kier alpha value is -9.49. The predicted molar refractivity (Wildman–Crippen MR) is 327 cm³/mol. The van der Waals surface area contributed by atoms with Crippen molar-refractivity contribution in [3.05, 3.63) is 83.9 Å². The molecule has 0 radical (unpaired) electrons. The van der Waals surface area contributed by atoms with Gasteiger partial charge in [-0.1, -0.05) is 62.7 Å². The number of nitrogens with two attached hydrogens (primary N) is 4. The van der Waals surface area contributed by atoms with Crippen molar-refractivity contribution in [3.8, 4) is 5.75 Å². The SMILES string of the molecule is CC[C@H](C)[C@@H]1NC(=O)[C@H](Cc2cnc[nH]2)NC(=O)[C@H](CCCN=C(N)N)NC(=O)[C@H](Cc2ccc(O)cc2)NC(=O)[C@H](CS)NC(=O)[C@H](Cc2ccccc2)NC(=O)[C@H](C)NC(=O)[C@H](CCCN=C(N)N)NC(=O)CNC(=O)C(C)(C)NC(=O)CNC1=O. The van der Waals surface area contributed by atoms with Crippen molar-refractivity contribution in [1.29, 1.82) is 0 Å². The van der Waals surface area contributed by atoms with Crippen molar-refractivity contribution < 1.29 is 57.8 Å². The first-order valence-electron chi connectivity index (χ1n) is 28.5. The van der Waals surface area contributed by atoms with Gasteiger partial charge in [-0.25, -0.2) is 4.98 Å². The molecule has 1 aliphatic rings. The van der Waals surface area contributed by atoms with Crippen molar-refractivity contribution in [3.63, 3.8) is 0 Å². The second kappa shape index (κ2) is 35.2. The Kier molecular flexibility index (Phi) is 28.4. The topological polar surface area (TPSA) is 498 Å². The van der Waals surface area contributed by atoms with Crippen LogP contribution in [0.4, 0.5) is 0 Å². The normalized spacial score (nSPS) is 23.2. The summed E-state index contributed by atoms with van der Waals surface area (Å²) >= 11 is 4.36. The number of H-pyrrole nitrogens is 1. The zero-order valence-electron chi connectivity index (χ0n) is 49.8. The number of rotatable bonds is 17. The number of hydrogen-bond acceptors (Lipinski definition) is 16. The van der Waals surface area contributed by atoms with E-state index in [0.717, 1.165) is 0 Å². The van der Waals surface area contributed by atoms with Gasteiger partial charge in [0.25, 0.3) is 0 Å². The summed E-state index contributed by atoms with van der Waals surface area (Å²) in [5, 5.41) is 38.5. The minimum absolute atomic E-state index is 0.00748. The van der Waals surface area contributed by atoms with E-state index in [1.165, 1.54) is 57.6 Å². The molecule has 9 atom stereocenters. The number of hydrogen-bond donors (Lipinski definition) is 18. The molecule has 0 bridgehead atoms. The number of benzene rings is 2. The molecule has 0 saturated carbocycles. The van der Waals surface area contributed by atoms with Crippen LogP contribution in [0.25, 0.3) is 0 Å². The molecule has 1 aromatic heterocycles. The van der Waals surface area contributed by atoms with E-state index < -0.39 is 138 Å². The maximum atomic E-state index is 14.7. The van der Waals surface area contributed by atoms with Gasteiger partial charge in [0.1, 0.15) is 59.6 Å². The summed E-state index contributed by atoms with van der Waals surface area (Å²) in [5.74, 6) is -11.1. The van der Waals surface area contributed by atoms with Crippen LogP contribution in [0.3, 0.4) is 0 Å². The van der Waals surface area contributed by atoms with Gasteiger partial charge >= 0.3 is 0 Å². The van der Waals surface area contributed by atoms with E-state index in [1.807, 2.05) is 0 Å². The van der Waals surface area contributed by atoms with Crippen LogP contribution >= 0.6 is 12.6 Å². The van der Waals surface area contributed by atoms with Crippen molar-refractivity contribution in [2.24, 2.45) is 38.8 Å². The van der Waals surface area contributed by atoms with Gasteiger partial charge in [0.05, 0.1) is 19.4 Å². The van der Waals surface area contributed by atoms with Crippen molar-refractivity contribution in [2.75, 3.05) is 31.9 Å². The number of aromatic hydroxyl groups is 1. The molecular formula is C56H83N19O12S. The molecule has 1 saturated heterocycles. The predicted octanol–water partition coefficient (Wildman–Crippen LogP) is -4.73. The number of nitrogens with one attached hydrogen (secondary N) is 12. The van der Waals surface area contributed by atoms with Crippen molar-refractivity contribution in [1.82, 2.24) is 68.5 Å². The summed E-state index contributed by atoms with van der Waals surface area (Å²) in [6.07, 6.45) is 2.50. The molecule has 4 rings (SSSR count). The Balaban J connectivity index is 1.80. The van der Waals surface area contributed by atoms with Gasteiger partial charge in [0.15, 0.2) is 11.9 Å². The summed E-state index contributed by atoms with van der Waals surface area (Å²) in [7, 11) is 0. The van der Waals surface area contributed by atoms with Crippen LogP contribution in [-0.2, 0) is 72.0 Å². The smallest absolute Gasteiger partial charge is 0.245 e. The van der Waals surface area contributed by atoms with Gasteiger partial charge in [0.2, 0.25) is 65.0 Å². The lowest BCUT2D eigenvalue weighted by atomic mass is 9.97. The third-order valence-electron chi connectivity index (χ3n) is 13.9. The molecule has 3 aromatic rings. The summed E-state index contributed by atoms with van der Waals surface area (Å²) < 4.78 is 0. The van der Waals surface area contributed by atoms with E-state index in [0.29, 0.717) is 23.2 Å². The number of aliphatic imine (C=N–C) groups is 2. The Bertz CT molecular complexity index is 2940. The van der Waals surface area contributed by atoms with E-state index in [1.54, 1.807) is 44.2 Å². The Morgan fingerprint density at radius 1 is 0.602 bits per heavy atom. The highest BCUT2D eigenvalue weighted by molar-refractivity contribution is 7.80.